The second-order valence-electron chi connectivity index (χ2n) is 5.14. The summed E-state index contributed by atoms with van der Waals surface area (Å²) in [6, 6.07) is 10.8. The van der Waals surface area contributed by atoms with E-state index in [2.05, 4.69) is 16.0 Å². The topological polar surface area (TPSA) is 100 Å². The number of nitrogens with one attached hydrogen (secondary N) is 3. The minimum absolute atomic E-state index is 0.124. The number of rotatable bonds is 7. The molecule has 0 aliphatic carbocycles. The summed E-state index contributed by atoms with van der Waals surface area (Å²) in [4.78, 5) is 34.9. The van der Waals surface area contributed by atoms with Crippen LogP contribution in [-0.2, 0) is 16.1 Å². The zero-order chi connectivity index (χ0) is 17.4. The Hall–Kier alpha value is -3.09. The number of hydrogen-bond acceptors (Lipinski definition) is 4. The van der Waals surface area contributed by atoms with Crippen LogP contribution in [0.4, 0.5) is 0 Å². The molecule has 126 valence electrons. The largest absolute Gasteiger partial charge is 0.459 e. The Kier molecular flexibility index (Phi) is 6.13. The van der Waals surface area contributed by atoms with Gasteiger partial charge in [-0.1, -0.05) is 24.3 Å². The fourth-order valence-corrected chi connectivity index (χ4v) is 1.96. The molecule has 0 radical (unpaired) electrons. The number of aryl methyl sites for hydroxylation is 1. The van der Waals surface area contributed by atoms with Crippen LogP contribution < -0.4 is 16.0 Å². The number of carbonyl (C=O) groups is 3. The smallest absolute Gasteiger partial charge is 0.287 e. The molecule has 0 unspecified atom stereocenters. The fraction of sp³-hybridized carbons (Fsp3) is 0.235. The molecule has 0 bridgehead atoms. The number of furan rings is 1. The van der Waals surface area contributed by atoms with Crippen LogP contribution in [0.2, 0.25) is 0 Å². The maximum atomic E-state index is 11.7. The molecule has 0 spiro atoms. The van der Waals surface area contributed by atoms with E-state index >= 15 is 0 Å². The van der Waals surface area contributed by atoms with Crippen molar-refractivity contribution in [1.82, 2.24) is 16.0 Å². The van der Waals surface area contributed by atoms with Crippen molar-refractivity contribution in [3.8, 4) is 0 Å². The van der Waals surface area contributed by atoms with E-state index in [0.717, 1.165) is 11.1 Å². The molecule has 0 aliphatic heterocycles. The van der Waals surface area contributed by atoms with E-state index < -0.39 is 11.8 Å². The Morgan fingerprint density at radius 3 is 2.33 bits per heavy atom. The van der Waals surface area contributed by atoms with Crippen molar-refractivity contribution in [2.24, 2.45) is 0 Å². The van der Waals surface area contributed by atoms with E-state index in [4.69, 9.17) is 4.42 Å². The summed E-state index contributed by atoms with van der Waals surface area (Å²) in [5.74, 6) is -1.12. The highest BCUT2D eigenvalue weighted by molar-refractivity contribution is 5.94. The number of benzene rings is 1. The van der Waals surface area contributed by atoms with Gasteiger partial charge in [0.15, 0.2) is 5.76 Å². The van der Waals surface area contributed by atoms with Gasteiger partial charge in [0.1, 0.15) is 0 Å². The molecule has 1 aromatic carbocycles. The van der Waals surface area contributed by atoms with Gasteiger partial charge in [0.25, 0.3) is 5.91 Å². The van der Waals surface area contributed by atoms with Gasteiger partial charge in [-0.05, 0) is 30.2 Å². The zero-order valence-electron chi connectivity index (χ0n) is 13.3. The maximum absolute atomic E-state index is 11.7. The summed E-state index contributed by atoms with van der Waals surface area (Å²) >= 11 is 0. The van der Waals surface area contributed by atoms with Crippen molar-refractivity contribution in [3.63, 3.8) is 0 Å². The first-order chi connectivity index (χ1) is 11.6. The lowest BCUT2D eigenvalue weighted by Crippen LogP contribution is -2.41. The van der Waals surface area contributed by atoms with E-state index in [0.29, 0.717) is 6.54 Å². The van der Waals surface area contributed by atoms with Crippen LogP contribution in [-0.4, -0.2) is 30.8 Å². The van der Waals surface area contributed by atoms with Crippen molar-refractivity contribution in [2.75, 3.05) is 13.1 Å². The van der Waals surface area contributed by atoms with Gasteiger partial charge >= 0.3 is 0 Å². The first-order valence-corrected chi connectivity index (χ1v) is 7.46. The molecule has 3 N–H and O–H groups in total. The Labute approximate surface area is 139 Å². The van der Waals surface area contributed by atoms with Crippen LogP contribution in [0.25, 0.3) is 0 Å². The first kappa shape index (κ1) is 17.3. The molecule has 2 aromatic rings. The van der Waals surface area contributed by atoms with Gasteiger partial charge in [-0.2, -0.15) is 0 Å². The predicted octanol–water partition coefficient (Wildman–Crippen LogP) is 0.750. The predicted molar refractivity (Wildman–Crippen MR) is 87.1 cm³/mol. The number of hydrogen-bond donors (Lipinski definition) is 3. The summed E-state index contributed by atoms with van der Waals surface area (Å²) in [6.07, 6.45) is 1.37. The third-order valence-electron chi connectivity index (χ3n) is 3.34. The molecule has 1 heterocycles. The molecule has 1 aromatic heterocycles. The Morgan fingerprint density at radius 1 is 0.917 bits per heavy atom. The third-order valence-corrected chi connectivity index (χ3v) is 3.34. The Bertz CT molecular complexity index is 710. The minimum Gasteiger partial charge on any atom is -0.459 e. The lowest BCUT2D eigenvalue weighted by molar-refractivity contribution is -0.125. The summed E-state index contributed by atoms with van der Waals surface area (Å²) in [5.41, 5.74) is 2.10. The van der Waals surface area contributed by atoms with E-state index in [9.17, 15) is 14.4 Å². The molecule has 0 aliphatic rings. The second kappa shape index (κ2) is 8.52. The standard InChI is InChI=1S/C17H19N3O4/c1-12-5-2-3-6-13(12)9-18-15(21)10-19-16(22)11-20-17(23)14-7-4-8-24-14/h2-8H,9-11H2,1H3,(H,18,21)(H,19,22)(H,20,23). The number of carbonyl (C=O) groups excluding carboxylic acids is 3. The first-order valence-electron chi connectivity index (χ1n) is 7.46. The molecule has 0 fully saturated rings. The minimum atomic E-state index is -0.487. The molecule has 7 nitrogen and oxygen atoms in total. The third kappa shape index (κ3) is 5.28. The quantitative estimate of drug-likeness (QED) is 0.698. The summed E-state index contributed by atoms with van der Waals surface area (Å²) in [6.45, 7) is 1.98. The maximum Gasteiger partial charge on any atom is 0.287 e. The normalized spacial score (nSPS) is 10.0. The van der Waals surface area contributed by atoms with Crippen LogP contribution in [0, 0.1) is 6.92 Å². The van der Waals surface area contributed by atoms with Gasteiger partial charge in [0.05, 0.1) is 19.4 Å². The lowest BCUT2D eigenvalue weighted by Gasteiger charge is -2.09. The zero-order valence-corrected chi connectivity index (χ0v) is 13.3. The van der Waals surface area contributed by atoms with Crippen molar-refractivity contribution < 1.29 is 18.8 Å². The van der Waals surface area contributed by atoms with Crippen LogP contribution in [0.5, 0.6) is 0 Å². The summed E-state index contributed by atoms with van der Waals surface area (Å²) in [7, 11) is 0. The van der Waals surface area contributed by atoms with E-state index in [1.807, 2.05) is 31.2 Å². The SMILES string of the molecule is Cc1ccccc1CNC(=O)CNC(=O)CNC(=O)c1ccco1. The molecule has 7 heteroatoms. The van der Waals surface area contributed by atoms with E-state index in [-0.39, 0.29) is 24.8 Å². The van der Waals surface area contributed by atoms with Gasteiger partial charge in [-0.25, -0.2) is 0 Å². The average molecular weight is 329 g/mol. The molecule has 0 saturated heterocycles. The molecule has 2 rings (SSSR count). The monoisotopic (exact) mass is 329 g/mol. The average Bonchev–Trinajstić information content (AvgIpc) is 3.11. The van der Waals surface area contributed by atoms with Gasteiger partial charge in [0, 0.05) is 6.54 Å². The van der Waals surface area contributed by atoms with Crippen molar-refractivity contribution in [1.29, 1.82) is 0 Å². The van der Waals surface area contributed by atoms with Crippen LogP contribution >= 0.6 is 0 Å². The molecule has 3 amide bonds. The van der Waals surface area contributed by atoms with E-state index in [1.165, 1.54) is 12.3 Å². The molecule has 0 atom stereocenters. The molecular weight excluding hydrogens is 310 g/mol. The van der Waals surface area contributed by atoms with Crippen molar-refractivity contribution >= 4 is 17.7 Å². The summed E-state index contributed by atoms with van der Waals surface area (Å²) in [5, 5.41) is 7.56. The second-order valence-corrected chi connectivity index (χ2v) is 5.14. The van der Waals surface area contributed by atoms with Gasteiger partial charge < -0.3 is 20.4 Å². The van der Waals surface area contributed by atoms with Crippen molar-refractivity contribution in [2.45, 2.75) is 13.5 Å². The van der Waals surface area contributed by atoms with Gasteiger partial charge in [-0.3, -0.25) is 14.4 Å². The highest BCUT2D eigenvalue weighted by Crippen LogP contribution is 2.05. The summed E-state index contributed by atoms with van der Waals surface area (Å²) < 4.78 is 4.90. The van der Waals surface area contributed by atoms with Crippen LogP contribution in [0.15, 0.2) is 47.1 Å². The highest BCUT2D eigenvalue weighted by Gasteiger charge is 2.11. The van der Waals surface area contributed by atoms with Crippen molar-refractivity contribution in [3.05, 3.63) is 59.5 Å². The lowest BCUT2D eigenvalue weighted by atomic mass is 10.1. The Balaban J connectivity index is 1.65. The number of amides is 3. The molecule has 24 heavy (non-hydrogen) atoms. The Morgan fingerprint density at radius 2 is 1.62 bits per heavy atom. The fourth-order valence-electron chi connectivity index (χ4n) is 1.96. The van der Waals surface area contributed by atoms with Gasteiger partial charge in [0.2, 0.25) is 11.8 Å². The van der Waals surface area contributed by atoms with Gasteiger partial charge in [-0.15, -0.1) is 0 Å². The molecule has 0 saturated carbocycles. The highest BCUT2D eigenvalue weighted by atomic mass is 16.3. The van der Waals surface area contributed by atoms with E-state index in [1.54, 1.807) is 6.07 Å². The van der Waals surface area contributed by atoms with Crippen LogP contribution in [0.3, 0.4) is 0 Å². The van der Waals surface area contributed by atoms with Crippen LogP contribution in [0.1, 0.15) is 21.7 Å². The molecular formula is C17H19N3O4.